The second-order valence-corrected chi connectivity index (χ2v) is 3.54. The molecular formula is C10H15N3O. The van der Waals surface area contributed by atoms with Gasteiger partial charge >= 0.3 is 0 Å². The van der Waals surface area contributed by atoms with Crippen LogP contribution in [0.3, 0.4) is 0 Å². The first-order valence-electron chi connectivity index (χ1n) is 4.82. The summed E-state index contributed by atoms with van der Waals surface area (Å²) in [6.07, 6.45) is 0. The standard InChI is InChI=1S/C10H15N3O/c14-12-7-9-6-11-13-10(9)8-4-2-1-3-5-8/h1-5,9-14H,6-7H2. The molecule has 4 N–H and O–H groups in total. The average molecular weight is 193 g/mol. The Kier molecular flexibility index (Phi) is 3.10. The van der Waals surface area contributed by atoms with Gasteiger partial charge in [-0.15, -0.1) is 0 Å². The van der Waals surface area contributed by atoms with Gasteiger partial charge in [0.15, 0.2) is 0 Å². The number of hydrogen-bond acceptors (Lipinski definition) is 4. The van der Waals surface area contributed by atoms with Gasteiger partial charge in [0.2, 0.25) is 0 Å². The Morgan fingerprint density at radius 3 is 2.86 bits per heavy atom. The highest BCUT2D eigenvalue weighted by Crippen LogP contribution is 2.23. The van der Waals surface area contributed by atoms with E-state index in [4.69, 9.17) is 5.21 Å². The highest BCUT2D eigenvalue weighted by Gasteiger charge is 2.27. The number of hydrogen-bond donors (Lipinski definition) is 4. The molecule has 0 radical (unpaired) electrons. The lowest BCUT2D eigenvalue weighted by Crippen LogP contribution is -2.27. The van der Waals surface area contributed by atoms with Gasteiger partial charge in [0, 0.05) is 19.0 Å². The van der Waals surface area contributed by atoms with Crippen molar-refractivity contribution < 1.29 is 5.21 Å². The smallest absolute Gasteiger partial charge is 0.0516 e. The Morgan fingerprint density at radius 1 is 1.36 bits per heavy atom. The van der Waals surface area contributed by atoms with E-state index in [9.17, 15) is 0 Å². The van der Waals surface area contributed by atoms with E-state index in [0.717, 1.165) is 6.54 Å². The first-order chi connectivity index (χ1) is 6.92. The van der Waals surface area contributed by atoms with Crippen molar-refractivity contribution in [2.45, 2.75) is 6.04 Å². The van der Waals surface area contributed by atoms with Crippen molar-refractivity contribution in [3.63, 3.8) is 0 Å². The van der Waals surface area contributed by atoms with E-state index in [1.165, 1.54) is 5.56 Å². The Hall–Kier alpha value is -0.940. The van der Waals surface area contributed by atoms with E-state index in [1.807, 2.05) is 18.2 Å². The molecule has 1 aliphatic heterocycles. The molecule has 1 fully saturated rings. The first-order valence-corrected chi connectivity index (χ1v) is 4.82. The van der Waals surface area contributed by atoms with Crippen molar-refractivity contribution in [2.24, 2.45) is 5.92 Å². The van der Waals surface area contributed by atoms with Gasteiger partial charge in [-0.1, -0.05) is 30.3 Å². The van der Waals surface area contributed by atoms with Gasteiger partial charge in [-0.3, -0.25) is 5.43 Å². The normalized spacial score (nSPS) is 26.6. The zero-order valence-electron chi connectivity index (χ0n) is 7.90. The summed E-state index contributed by atoms with van der Waals surface area (Å²) in [7, 11) is 0. The number of hydrazine groups is 1. The van der Waals surface area contributed by atoms with Crippen LogP contribution in [0.5, 0.6) is 0 Å². The predicted molar refractivity (Wildman–Crippen MR) is 53.6 cm³/mol. The van der Waals surface area contributed by atoms with Crippen molar-refractivity contribution in [1.82, 2.24) is 16.3 Å². The summed E-state index contributed by atoms with van der Waals surface area (Å²) in [5, 5.41) is 8.69. The fraction of sp³-hybridized carbons (Fsp3) is 0.400. The lowest BCUT2D eigenvalue weighted by Gasteiger charge is -2.17. The van der Waals surface area contributed by atoms with Crippen molar-refractivity contribution in [3.8, 4) is 0 Å². The van der Waals surface area contributed by atoms with E-state index in [0.29, 0.717) is 12.5 Å². The molecule has 1 aromatic carbocycles. The molecule has 2 rings (SSSR count). The van der Waals surface area contributed by atoms with Gasteiger partial charge < -0.3 is 5.21 Å². The van der Waals surface area contributed by atoms with Crippen LogP contribution in [0, 0.1) is 5.92 Å². The predicted octanol–water partition coefficient (Wildman–Crippen LogP) is 0.431. The molecule has 0 bridgehead atoms. The monoisotopic (exact) mass is 193 g/mol. The Bertz CT molecular complexity index is 278. The minimum atomic E-state index is 0.274. The van der Waals surface area contributed by atoms with Crippen molar-refractivity contribution in [1.29, 1.82) is 0 Å². The molecule has 1 aliphatic rings. The number of hydroxylamine groups is 1. The van der Waals surface area contributed by atoms with Gasteiger partial charge in [0.05, 0.1) is 6.04 Å². The van der Waals surface area contributed by atoms with Gasteiger partial charge in [-0.25, -0.2) is 10.9 Å². The maximum absolute atomic E-state index is 8.69. The summed E-state index contributed by atoms with van der Waals surface area (Å²) in [5.41, 5.74) is 9.79. The molecule has 0 saturated carbocycles. The van der Waals surface area contributed by atoms with E-state index >= 15 is 0 Å². The summed E-state index contributed by atoms with van der Waals surface area (Å²) in [4.78, 5) is 0. The third-order valence-electron chi connectivity index (χ3n) is 2.61. The lowest BCUT2D eigenvalue weighted by atomic mass is 9.95. The molecule has 1 saturated heterocycles. The highest BCUT2D eigenvalue weighted by molar-refractivity contribution is 5.20. The van der Waals surface area contributed by atoms with Gasteiger partial charge in [-0.05, 0) is 5.56 Å². The number of rotatable bonds is 3. The van der Waals surface area contributed by atoms with Crippen LogP contribution in [0.25, 0.3) is 0 Å². The van der Waals surface area contributed by atoms with Gasteiger partial charge in [-0.2, -0.15) is 0 Å². The molecule has 2 unspecified atom stereocenters. The molecule has 1 aromatic rings. The van der Waals surface area contributed by atoms with E-state index in [-0.39, 0.29) is 6.04 Å². The van der Waals surface area contributed by atoms with Crippen LogP contribution >= 0.6 is 0 Å². The van der Waals surface area contributed by atoms with Crippen LogP contribution in [-0.4, -0.2) is 18.3 Å². The molecule has 76 valence electrons. The maximum atomic E-state index is 8.69. The van der Waals surface area contributed by atoms with Gasteiger partial charge in [0.1, 0.15) is 0 Å². The third kappa shape index (κ3) is 1.93. The number of benzene rings is 1. The Balaban J connectivity index is 2.10. The molecule has 2 atom stereocenters. The zero-order chi connectivity index (χ0) is 9.80. The van der Waals surface area contributed by atoms with Crippen LogP contribution < -0.4 is 16.3 Å². The molecule has 0 amide bonds. The summed E-state index contributed by atoms with van der Waals surface area (Å²) >= 11 is 0. The number of nitrogens with one attached hydrogen (secondary N) is 3. The van der Waals surface area contributed by atoms with Crippen LogP contribution in [0.15, 0.2) is 30.3 Å². The SMILES string of the molecule is ONCC1CNNC1c1ccccc1. The molecule has 1 heterocycles. The summed E-state index contributed by atoms with van der Waals surface area (Å²) in [6, 6.07) is 10.5. The average Bonchev–Trinajstić information content (AvgIpc) is 2.68. The second-order valence-electron chi connectivity index (χ2n) is 3.54. The van der Waals surface area contributed by atoms with Crippen LogP contribution in [0.4, 0.5) is 0 Å². The molecule has 4 heteroatoms. The van der Waals surface area contributed by atoms with Crippen molar-refractivity contribution in [3.05, 3.63) is 35.9 Å². The maximum Gasteiger partial charge on any atom is 0.0516 e. The van der Waals surface area contributed by atoms with E-state index in [2.05, 4.69) is 28.5 Å². The molecule has 14 heavy (non-hydrogen) atoms. The topological polar surface area (TPSA) is 56.3 Å². The fourth-order valence-electron chi connectivity index (χ4n) is 1.86. The van der Waals surface area contributed by atoms with Crippen molar-refractivity contribution in [2.75, 3.05) is 13.1 Å². The minimum absolute atomic E-state index is 0.274. The van der Waals surface area contributed by atoms with Crippen molar-refractivity contribution >= 4 is 0 Å². The summed E-state index contributed by atoms with van der Waals surface area (Å²) < 4.78 is 0. The molecule has 0 aliphatic carbocycles. The second kappa shape index (κ2) is 4.52. The van der Waals surface area contributed by atoms with Crippen LogP contribution in [0.1, 0.15) is 11.6 Å². The molecular weight excluding hydrogens is 178 g/mol. The van der Waals surface area contributed by atoms with Crippen LogP contribution in [0.2, 0.25) is 0 Å². The molecule has 4 nitrogen and oxygen atoms in total. The fourth-order valence-corrected chi connectivity index (χ4v) is 1.86. The first kappa shape index (κ1) is 9.61. The summed E-state index contributed by atoms with van der Waals surface area (Å²) in [5.74, 6) is 0.377. The Morgan fingerprint density at radius 2 is 2.14 bits per heavy atom. The quantitative estimate of drug-likeness (QED) is 0.526. The molecule has 0 aromatic heterocycles. The Labute approximate surface area is 83.3 Å². The third-order valence-corrected chi connectivity index (χ3v) is 2.61. The largest absolute Gasteiger partial charge is 0.317 e. The highest BCUT2D eigenvalue weighted by atomic mass is 16.5. The molecule has 0 spiro atoms. The minimum Gasteiger partial charge on any atom is -0.317 e. The van der Waals surface area contributed by atoms with E-state index < -0.39 is 0 Å². The zero-order valence-corrected chi connectivity index (χ0v) is 7.90. The van der Waals surface area contributed by atoms with Crippen LogP contribution in [-0.2, 0) is 0 Å². The van der Waals surface area contributed by atoms with E-state index in [1.54, 1.807) is 0 Å². The summed E-state index contributed by atoms with van der Waals surface area (Å²) in [6.45, 7) is 1.46. The van der Waals surface area contributed by atoms with Gasteiger partial charge in [0.25, 0.3) is 0 Å². The lowest BCUT2D eigenvalue weighted by molar-refractivity contribution is 0.147.